The van der Waals surface area contributed by atoms with E-state index in [0.717, 1.165) is 0 Å². The number of carbonyl (C=O) groups excluding carboxylic acids is 2. The lowest BCUT2D eigenvalue weighted by molar-refractivity contribution is -0.384. The summed E-state index contributed by atoms with van der Waals surface area (Å²) in [5.41, 5.74) is 1.12. The molecule has 134 valence electrons. The Hall–Kier alpha value is -3.42. The average molecular weight is 355 g/mol. The first-order chi connectivity index (χ1) is 12.5. The summed E-state index contributed by atoms with van der Waals surface area (Å²) in [6.07, 6.45) is 0.0962. The summed E-state index contributed by atoms with van der Waals surface area (Å²) in [6, 6.07) is 12.6. The van der Waals surface area contributed by atoms with Gasteiger partial charge in [-0.05, 0) is 36.4 Å². The SMILES string of the molecule is COc1ccc(NC(=O)[C@H]2CC(=O)N(c3ccc([N+](=O)[O-])cc3)C2)cc1. The van der Waals surface area contributed by atoms with Gasteiger partial charge in [0.25, 0.3) is 5.69 Å². The maximum absolute atomic E-state index is 12.4. The maximum Gasteiger partial charge on any atom is 0.269 e. The minimum atomic E-state index is -0.499. The molecule has 0 saturated carbocycles. The van der Waals surface area contributed by atoms with Gasteiger partial charge in [0.15, 0.2) is 0 Å². The second-order valence-electron chi connectivity index (χ2n) is 5.90. The molecule has 1 saturated heterocycles. The van der Waals surface area contributed by atoms with Crippen molar-refractivity contribution < 1.29 is 19.2 Å². The van der Waals surface area contributed by atoms with Gasteiger partial charge in [-0.25, -0.2) is 0 Å². The van der Waals surface area contributed by atoms with Gasteiger partial charge in [0.1, 0.15) is 5.75 Å². The molecular formula is C18H17N3O5. The van der Waals surface area contributed by atoms with E-state index >= 15 is 0 Å². The van der Waals surface area contributed by atoms with E-state index in [1.165, 1.54) is 29.2 Å². The highest BCUT2D eigenvalue weighted by molar-refractivity contribution is 6.03. The van der Waals surface area contributed by atoms with E-state index in [2.05, 4.69) is 5.32 Å². The number of methoxy groups -OCH3 is 1. The van der Waals surface area contributed by atoms with Crippen molar-refractivity contribution in [3.8, 4) is 5.75 Å². The van der Waals surface area contributed by atoms with E-state index < -0.39 is 10.8 Å². The molecule has 0 aromatic heterocycles. The average Bonchev–Trinajstić information content (AvgIpc) is 3.04. The maximum atomic E-state index is 12.4. The number of hydrogen-bond acceptors (Lipinski definition) is 5. The lowest BCUT2D eigenvalue weighted by Gasteiger charge is -2.16. The van der Waals surface area contributed by atoms with Crippen molar-refractivity contribution in [1.29, 1.82) is 0 Å². The van der Waals surface area contributed by atoms with Crippen LogP contribution in [-0.4, -0.2) is 30.4 Å². The zero-order valence-corrected chi connectivity index (χ0v) is 14.0. The van der Waals surface area contributed by atoms with Gasteiger partial charge in [0, 0.05) is 36.5 Å². The Kier molecular flexibility index (Phi) is 4.83. The quantitative estimate of drug-likeness (QED) is 0.656. The molecule has 1 aliphatic rings. The molecule has 3 rings (SSSR count). The van der Waals surface area contributed by atoms with Crippen LogP contribution in [0.5, 0.6) is 5.75 Å². The normalized spacial score (nSPS) is 16.4. The zero-order chi connectivity index (χ0) is 18.7. The van der Waals surface area contributed by atoms with Gasteiger partial charge in [-0.15, -0.1) is 0 Å². The molecule has 0 spiro atoms. The van der Waals surface area contributed by atoms with Gasteiger partial charge in [0.05, 0.1) is 18.0 Å². The minimum absolute atomic E-state index is 0.0470. The fourth-order valence-electron chi connectivity index (χ4n) is 2.81. The third-order valence-electron chi connectivity index (χ3n) is 4.23. The Bertz CT molecular complexity index is 833. The summed E-state index contributed by atoms with van der Waals surface area (Å²) in [5, 5.41) is 13.5. The highest BCUT2D eigenvalue weighted by Crippen LogP contribution is 2.27. The van der Waals surface area contributed by atoms with Crippen molar-refractivity contribution >= 4 is 28.9 Å². The van der Waals surface area contributed by atoms with Gasteiger partial charge in [0.2, 0.25) is 11.8 Å². The van der Waals surface area contributed by atoms with Crippen LogP contribution < -0.4 is 15.0 Å². The number of benzene rings is 2. The van der Waals surface area contributed by atoms with E-state index in [-0.39, 0.29) is 30.5 Å². The number of ether oxygens (including phenoxy) is 1. The summed E-state index contributed by atoms with van der Waals surface area (Å²) in [6.45, 7) is 0.235. The molecule has 2 aromatic rings. The monoisotopic (exact) mass is 355 g/mol. The van der Waals surface area contributed by atoms with Crippen LogP contribution in [0.1, 0.15) is 6.42 Å². The molecule has 26 heavy (non-hydrogen) atoms. The number of hydrogen-bond donors (Lipinski definition) is 1. The highest BCUT2D eigenvalue weighted by atomic mass is 16.6. The van der Waals surface area contributed by atoms with Crippen molar-refractivity contribution in [2.24, 2.45) is 5.92 Å². The van der Waals surface area contributed by atoms with Gasteiger partial charge in [-0.3, -0.25) is 19.7 Å². The molecule has 0 radical (unpaired) electrons. The Morgan fingerprint density at radius 2 is 1.85 bits per heavy atom. The Labute approximate surface area is 149 Å². The third kappa shape index (κ3) is 3.64. The van der Waals surface area contributed by atoms with Crippen LogP contribution in [0.15, 0.2) is 48.5 Å². The summed E-state index contributed by atoms with van der Waals surface area (Å²) in [4.78, 5) is 36.4. The molecule has 2 amide bonds. The van der Waals surface area contributed by atoms with Crippen molar-refractivity contribution in [3.05, 3.63) is 58.6 Å². The van der Waals surface area contributed by atoms with Gasteiger partial charge >= 0.3 is 0 Å². The number of nitrogens with zero attached hydrogens (tertiary/aromatic N) is 2. The summed E-state index contributed by atoms with van der Waals surface area (Å²) in [7, 11) is 1.56. The van der Waals surface area contributed by atoms with Crippen LogP contribution in [0.4, 0.5) is 17.1 Å². The lowest BCUT2D eigenvalue weighted by Crippen LogP contribution is -2.28. The number of anilines is 2. The summed E-state index contributed by atoms with van der Waals surface area (Å²) >= 11 is 0. The van der Waals surface area contributed by atoms with E-state index in [1.807, 2.05) is 0 Å². The molecule has 1 atom stereocenters. The van der Waals surface area contributed by atoms with Gasteiger partial charge in [-0.2, -0.15) is 0 Å². The standard InChI is InChI=1S/C18H17N3O5/c1-26-16-8-2-13(3-9-16)19-18(23)12-10-17(22)20(11-12)14-4-6-15(7-5-14)21(24)25/h2-9,12H,10-11H2,1H3,(H,19,23)/t12-/m0/s1. The molecule has 0 unspecified atom stereocenters. The minimum Gasteiger partial charge on any atom is -0.497 e. The van der Waals surface area contributed by atoms with E-state index in [4.69, 9.17) is 4.74 Å². The van der Waals surface area contributed by atoms with Crippen LogP contribution >= 0.6 is 0 Å². The van der Waals surface area contributed by atoms with Crippen LogP contribution in [-0.2, 0) is 9.59 Å². The van der Waals surface area contributed by atoms with E-state index in [1.54, 1.807) is 31.4 Å². The van der Waals surface area contributed by atoms with Gasteiger partial charge < -0.3 is 15.0 Å². The second-order valence-corrected chi connectivity index (χ2v) is 5.90. The molecule has 8 nitrogen and oxygen atoms in total. The molecular weight excluding hydrogens is 338 g/mol. The van der Waals surface area contributed by atoms with Crippen molar-refractivity contribution in [1.82, 2.24) is 0 Å². The number of carbonyl (C=O) groups is 2. The zero-order valence-electron chi connectivity index (χ0n) is 14.0. The molecule has 8 heteroatoms. The Morgan fingerprint density at radius 1 is 1.19 bits per heavy atom. The highest BCUT2D eigenvalue weighted by Gasteiger charge is 2.35. The van der Waals surface area contributed by atoms with Crippen molar-refractivity contribution in [2.75, 3.05) is 23.9 Å². The number of nitro benzene ring substituents is 1. The molecule has 1 fully saturated rings. The number of nitrogens with one attached hydrogen (secondary N) is 1. The van der Waals surface area contributed by atoms with E-state index in [9.17, 15) is 19.7 Å². The lowest BCUT2D eigenvalue weighted by atomic mass is 10.1. The molecule has 1 aliphatic heterocycles. The van der Waals surface area contributed by atoms with Crippen molar-refractivity contribution in [2.45, 2.75) is 6.42 Å². The van der Waals surface area contributed by atoms with Crippen molar-refractivity contribution in [3.63, 3.8) is 0 Å². The molecule has 1 N–H and O–H groups in total. The fraction of sp³-hybridized carbons (Fsp3) is 0.222. The first-order valence-electron chi connectivity index (χ1n) is 7.97. The largest absolute Gasteiger partial charge is 0.497 e. The van der Waals surface area contributed by atoms with E-state index in [0.29, 0.717) is 17.1 Å². The topological polar surface area (TPSA) is 102 Å². The summed E-state index contributed by atoms with van der Waals surface area (Å²) < 4.78 is 5.07. The first-order valence-corrected chi connectivity index (χ1v) is 7.97. The molecule has 2 aromatic carbocycles. The fourth-order valence-corrected chi connectivity index (χ4v) is 2.81. The van der Waals surface area contributed by atoms with Crippen LogP contribution in [0.3, 0.4) is 0 Å². The van der Waals surface area contributed by atoms with Crippen LogP contribution in [0.25, 0.3) is 0 Å². The number of non-ortho nitro benzene ring substituents is 1. The second kappa shape index (κ2) is 7.22. The molecule has 1 heterocycles. The molecule has 0 bridgehead atoms. The Morgan fingerprint density at radius 3 is 2.42 bits per heavy atom. The number of rotatable bonds is 5. The van der Waals surface area contributed by atoms with Crippen LogP contribution in [0.2, 0.25) is 0 Å². The van der Waals surface area contributed by atoms with Gasteiger partial charge in [-0.1, -0.05) is 0 Å². The predicted molar refractivity (Wildman–Crippen MR) is 95.2 cm³/mol. The third-order valence-corrected chi connectivity index (χ3v) is 4.23. The first kappa shape index (κ1) is 17.4. The number of nitro groups is 1. The molecule has 0 aliphatic carbocycles. The summed E-state index contributed by atoms with van der Waals surface area (Å²) in [5.74, 6) is -0.232. The Balaban J connectivity index is 1.66. The predicted octanol–water partition coefficient (Wildman–Crippen LogP) is 2.60. The number of amides is 2. The van der Waals surface area contributed by atoms with Crippen LogP contribution in [0, 0.1) is 16.0 Å². The smallest absolute Gasteiger partial charge is 0.269 e.